The van der Waals surface area contributed by atoms with Crippen LogP contribution in [0.25, 0.3) is 0 Å². The van der Waals surface area contributed by atoms with E-state index in [1.165, 1.54) is 0 Å². The van der Waals surface area contributed by atoms with Gasteiger partial charge in [-0.1, -0.05) is 23.8 Å². The Bertz CT molecular complexity index is 380. The van der Waals surface area contributed by atoms with E-state index in [1.54, 1.807) is 6.92 Å². The maximum atomic E-state index is 11.7. The maximum absolute atomic E-state index is 11.7. The van der Waals surface area contributed by atoms with Gasteiger partial charge in [-0.25, -0.2) is 0 Å². The molecule has 0 bridgehead atoms. The predicted molar refractivity (Wildman–Crippen MR) is 59.7 cm³/mol. The fourth-order valence-electron chi connectivity index (χ4n) is 1.09. The highest BCUT2D eigenvalue weighted by Crippen LogP contribution is 2.12. The average Bonchev–Trinajstić information content (AvgIpc) is 2.66. The minimum Gasteiger partial charge on any atom is -0.338 e. The number of aromatic nitrogens is 2. The molecule has 1 N–H and O–H groups in total. The quantitative estimate of drug-likeness (QED) is 0.781. The van der Waals surface area contributed by atoms with E-state index in [1.807, 2.05) is 6.92 Å². The monoisotopic (exact) mass is 223 g/mol. The summed E-state index contributed by atoms with van der Waals surface area (Å²) >= 11 is 1.11. The zero-order chi connectivity index (χ0) is 11.3. The molecule has 80 valence electrons. The summed E-state index contributed by atoms with van der Waals surface area (Å²) in [7, 11) is 0. The van der Waals surface area contributed by atoms with Crippen molar-refractivity contribution in [3.8, 4) is 12.3 Å². The van der Waals surface area contributed by atoms with Gasteiger partial charge < -0.3 is 5.32 Å². The van der Waals surface area contributed by atoms with Crippen molar-refractivity contribution < 1.29 is 4.79 Å². The summed E-state index contributed by atoms with van der Waals surface area (Å²) in [5.41, 5.74) is 0.754. The molecular weight excluding hydrogens is 210 g/mol. The fourth-order valence-corrected chi connectivity index (χ4v) is 1.70. The third kappa shape index (κ3) is 3.03. The van der Waals surface area contributed by atoms with E-state index in [9.17, 15) is 4.79 Å². The van der Waals surface area contributed by atoms with Gasteiger partial charge in [0.1, 0.15) is 4.88 Å². The Labute approximate surface area is 93.3 Å². The Kier molecular flexibility index (Phi) is 4.25. The molecule has 1 aromatic rings. The number of rotatable bonds is 4. The number of amides is 1. The molecule has 1 rings (SSSR count). The van der Waals surface area contributed by atoms with Crippen molar-refractivity contribution in [1.82, 2.24) is 14.9 Å². The molecule has 1 heterocycles. The van der Waals surface area contributed by atoms with Crippen LogP contribution in [0.1, 0.15) is 35.6 Å². The average molecular weight is 223 g/mol. The van der Waals surface area contributed by atoms with Crippen molar-refractivity contribution in [2.24, 2.45) is 0 Å². The number of carbonyl (C=O) groups is 1. The van der Waals surface area contributed by atoms with Crippen LogP contribution in [-0.2, 0) is 6.42 Å². The Hall–Kier alpha value is -1.41. The van der Waals surface area contributed by atoms with Gasteiger partial charge in [0, 0.05) is 0 Å². The Morgan fingerprint density at radius 3 is 3.07 bits per heavy atom. The molecule has 1 amide bonds. The van der Waals surface area contributed by atoms with E-state index < -0.39 is 0 Å². The number of nitrogens with zero attached hydrogens (tertiary/aromatic N) is 2. The first-order valence-electron chi connectivity index (χ1n) is 4.77. The van der Waals surface area contributed by atoms with Gasteiger partial charge in [0.25, 0.3) is 5.91 Å². The maximum Gasteiger partial charge on any atom is 0.265 e. The molecule has 5 heteroatoms. The molecular formula is C10H13N3OS. The van der Waals surface area contributed by atoms with Gasteiger partial charge in [0.2, 0.25) is 0 Å². The lowest BCUT2D eigenvalue weighted by atomic mass is 10.2. The molecule has 0 aliphatic carbocycles. The number of hydrogen-bond acceptors (Lipinski definition) is 4. The Morgan fingerprint density at radius 2 is 2.47 bits per heavy atom. The third-order valence-electron chi connectivity index (χ3n) is 1.85. The minimum absolute atomic E-state index is 0.182. The largest absolute Gasteiger partial charge is 0.338 e. The molecule has 0 radical (unpaired) electrons. The molecule has 4 nitrogen and oxygen atoms in total. The molecule has 1 unspecified atom stereocenters. The molecule has 0 aliphatic heterocycles. The van der Waals surface area contributed by atoms with E-state index in [0.29, 0.717) is 4.88 Å². The van der Waals surface area contributed by atoms with Gasteiger partial charge >= 0.3 is 0 Å². The highest BCUT2D eigenvalue weighted by molar-refractivity contribution is 7.08. The zero-order valence-corrected chi connectivity index (χ0v) is 9.60. The van der Waals surface area contributed by atoms with Crippen LogP contribution in [0.4, 0.5) is 0 Å². The molecule has 0 saturated carbocycles. The smallest absolute Gasteiger partial charge is 0.265 e. The lowest BCUT2D eigenvalue weighted by molar-refractivity contribution is 0.0951. The second kappa shape index (κ2) is 5.47. The Balaban J connectivity index is 2.73. The zero-order valence-electron chi connectivity index (χ0n) is 8.78. The van der Waals surface area contributed by atoms with Gasteiger partial charge in [0.05, 0.1) is 11.7 Å². The van der Waals surface area contributed by atoms with Crippen LogP contribution in [-0.4, -0.2) is 21.5 Å². The number of terminal acetylenes is 1. The standard InChI is InChI=1S/C10H13N3OS/c1-4-6-8-9(15-13-12-8)10(14)11-7(3)5-2/h2,7H,4,6H2,1,3H3,(H,11,14). The summed E-state index contributed by atoms with van der Waals surface area (Å²) in [5.74, 6) is 2.26. The number of aryl methyl sites for hydroxylation is 1. The number of hydrogen-bond donors (Lipinski definition) is 1. The van der Waals surface area contributed by atoms with Crippen LogP contribution >= 0.6 is 11.5 Å². The molecule has 0 aromatic carbocycles. The first kappa shape index (κ1) is 11.7. The molecule has 1 atom stereocenters. The highest BCUT2D eigenvalue weighted by atomic mass is 32.1. The predicted octanol–water partition coefficient (Wildman–Crippen LogP) is 1.24. The SMILES string of the molecule is C#CC(C)NC(=O)c1snnc1CCC. The molecule has 0 spiro atoms. The van der Waals surface area contributed by atoms with Crippen molar-refractivity contribution in [3.63, 3.8) is 0 Å². The summed E-state index contributed by atoms with van der Waals surface area (Å²) in [6.45, 7) is 3.79. The topological polar surface area (TPSA) is 54.9 Å². The van der Waals surface area contributed by atoms with E-state index in [4.69, 9.17) is 6.42 Å². The molecule has 0 aliphatic rings. The summed E-state index contributed by atoms with van der Waals surface area (Å²) in [5, 5.41) is 6.60. The summed E-state index contributed by atoms with van der Waals surface area (Å²) < 4.78 is 3.77. The molecule has 0 saturated heterocycles. The lowest BCUT2D eigenvalue weighted by Crippen LogP contribution is -2.31. The molecule has 1 aromatic heterocycles. The minimum atomic E-state index is -0.269. The second-order valence-corrected chi connectivity index (χ2v) is 3.91. The van der Waals surface area contributed by atoms with Gasteiger partial charge in [-0.3, -0.25) is 4.79 Å². The van der Waals surface area contributed by atoms with Crippen molar-refractivity contribution >= 4 is 17.4 Å². The lowest BCUT2D eigenvalue weighted by Gasteiger charge is -2.06. The molecule has 0 fully saturated rings. The van der Waals surface area contributed by atoms with Gasteiger partial charge in [0.15, 0.2) is 0 Å². The van der Waals surface area contributed by atoms with Crippen molar-refractivity contribution in [1.29, 1.82) is 0 Å². The van der Waals surface area contributed by atoms with Crippen molar-refractivity contribution in [2.45, 2.75) is 32.7 Å². The van der Waals surface area contributed by atoms with Crippen LogP contribution in [0, 0.1) is 12.3 Å². The van der Waals surface area contributed by atoms with Crippen LogP contribution < -0.4 is 5.32 Å². The van der Waals surface area contributed by atoms with Crippen LogP contribution in [0.15, 0.2) is 0 Å². The number of nitrogens with one attached hydrogen (secondary N) is 1. The van der Waals surface area contributed by atoms with E-state index >= 15 is 0 Å². The first-order valence-corrected chi connectivity index (χ1v) is 5.54. The summed E-state index contributed by atoms with van der Waals surface area (Å²) in [6.07, 6.45) is 6.89. The van der Waals surface area contributed by atoms with Gasteiger partial charge in [-0.05, 0) is 24.9 Å². The fraction of sp³-hybridized carbons (Fsp3) is 0.500. The van der Waals surface area contributed by atoms with E-state index in [-0.39, 0.29) is 11.9 Å². The van der Waals surface area contributed by atoms with Crippen LogP contribution in [0.2, 0.25) is 0 Å². The number of carbonyl (C=O) groups excluding carboxylic acids is 1. The Morgan fingerprint density at radius 1 is 1.73 bits per heavy atom. The van der Waals surface area contributed by atoms with Gasteiger partial charge in [-0.15, -0.1) is 11.5 Å². The van der Waals surface area contributed by atoms with E-state index in [0.717, 1.165) is 30.1 Å². The van der Waals surface area contributed by atoms with Crippen molar-refractivity contribution in [2.75, 3.05) is 0 Å². The normalized spacial score (nSPS) is 11.8. The molecule has 15 heavy (non-hydrogen) atoms. The second-order valence-electron chi connectivity index (χ2n) is 3.16. The summed E-state index contributed by atoms with van der Waals surface area (Å²) in [6, 6.07) is -0.269. The van der Waals surface area contributed by atoms with Crippen LogP contribution in [0.3, 0.4) is 0 Å². The highest BCUT2D eigenvalue weighted by Gasteiger charge is 2.16. The summed E-state index contributed by atoms with van der Waals surface area (Å²) in [4.78, 5) is 12.3. The van der Waals surface area contributed by atoms with Crippen LogP contribution in [0.5, 0.6) is 0 Å². The van der Waals surface area contributed by atoms with E-state index in [2.05, 4.69) is 20.8 Å². The van der Waals surface area contributed by atoms with Crippen molar-refractivity contribution in [3.05, 3.63) is 10.6 Å². The van der Waals surface area contributed by atoms with Gasteiger partial charge in [-0.2, -0.15) is 0 Å². The first-order chi connectivity index (χ1) is 7.19. The third-order valence-corrected chi connectivity index (χ3v) is 2.61.